The molecule has 1 unspecified atom stereocenters. The fourth-order valence-electron chi connectivity index (χ4n) is 7.10. The summed E-state index contributed by atoms with van der Waals surface area (Å²) in [5.74, 6) is 1.45. The fourth-order valence-corrected chi connectivity index (χ4v) is 7.10. The van der Waals surface area contributed by atoms with Crippen molar-refractivity contribution in [1.29, 1.82) is 0 Å². The molecule has 6 aromatic rings. The second-order valence-electron chi connectivity index (χ2n) is 13.4. The average molecular weight is 673 g/mol. The first kappa shape index (κ1) is 33.8. The summed E-state index contributed by atoms with van der Waals surface area (Å²) >= 11 is 0. The standard InChI is InChI=1S/C46H44N2O3/c1-46(32-39-27-28-42(50-34-37-19-9-3-10-20-37)43(31-39)51-35-38-21-11-4-12-22-38)45(49)48(30-29-47(46)33-36-17-7-2-8-18-36)44(40-23-13-5-14-24-40)41-25-15-6-16-26-41/h2-28,31,44H,29-30,32-35H2,1H3. The monoisotopic (exact) mass is 672 g/mol. The Hall–Kier alpha value is -5.65. The molecule has 5 nitrogen and oxygen atoms in total. The minimum atomic E-state index is -0.834. The number of hydrogen-bond acceptors (Lipinski definition) is 4. The predicted octanol–water partition coefficient (Wildman–Crippen LogP) is 9.28. The molecule has 0 saturated carbocycles. The third-order valence-corrected chi connectivity index (χ3v) is 9.82. The van der Waals surface area contributed by atoms with Crippen molar-refractivity contribution >= 4 is 5.91 Å². The van der Waals surface area contributed by atoms with Crippen LogP contribution in [0.15, 0.2) is 170 Å². The predicted molar refractivity (Wildman–Crippen MR) is 203 cm³/mol. The van der Waals surface area contributed by atoms with E-state index in [0.717, 1.165) is 34.4 Å². The van der Waals surface area contributed by atoms with Crippen molar-refractivity contribution in [1.82, 2.24) is 9.80 Å². The van der Waals surface area contributed by atoms with E-state index in [0.29, 0.717) is 44.2 Å². The van der Waals surface area contributed by atoms with Crippen molar-refractivity contribution in [3.05, 3.63) is 203 Å². The molecule has 1 aliphatic heterocycles. The lowest BCUT2D eigenvalue weighted by atomic mass is 9.84. The third-order valence-electron chi connectivity index (χ3n) is 9.82. The molecule has 0 radical (unpaired) electrons. The van der Waals surface area contributed by atoms with Crippen LogP contribution in [0.2, 0.25) is 0 Å². The first-order valence-corrected chi connectivity index (χ1v) is 17.7. The molecule has 5 heteroatoms. The number of carbonyl (C=O) groups is 1. The zero-order valence-corrected chi connectivity index (χ0v) is 29.1. The van der Waals surface area contributed by atoms with E-state index in [2.05, 4.69) is 126 Å². The molecule has 1 atom stereocenters. The SMILES string of the molecule is CC1(Cc2ccc(OCc3ccccc3)c(OCc3ccccc3)c2)C(=O)N(C(c2ccccc2)c2ccccc2)CCN1Cc1ccccc1. The highest BCUT2D eigenvalue weighted by molar-refractivity contribution is 5.88. The summed E-state index contributed by atoms with van der Waals surface area (Å²) in [6, 6.07) is 57.5. The summed E-state index contributed by atoms with van der Waals surface area (Å²) in [7, 11) is 0. The number of amides is 1. The van der Waals surface area contributed by atoms with Crippen molar-refractivity contribution in [2.24, 2.45) is 0 Å². The van der Waals surface area contributed by atoms with E-state index in [9.17, 15) is 0 Å². The van der Waals surface area contributed by atoms with Crippen LogP contribution < -0.4 is 9.47 Å². The van der Waals surface area contributed by atoms with Gasteiger partial charge in [-0.25, -0.2) is 0 Å². The Balaban J connectivity index is 1.23. The number of hydrogen-bond donors (Lipinski definition) is 0. The molecule has 1 amide bonds. The molecule has 51 heavy (non-hydrogen) atoms. The van der Waals surface area contributed by atoms with Gasteiger partial charge in [0.1, 0.15) is 18.8 Å². The number of benzene rings is 6. The van der Waals surface area contributed by atoms with E-state index in [1.54, 1.807) is 0 Å². The van der Waals surface area contributed by atoms with Gasteiger partial charge < -0.3 is 14.4 Å². The van der Waals surface area contributed by atoms with Crippen LogP contribution in [-0.2, 0) is 31.0 Å². The molecule has 1 fully saturated rings. The van der Waals surface area contributed by atoms with E-state index in [1.165, 1.54) is 5.56 Å². The maximum absolute atomic E-state index is 15.2. The van der Waals surface area contributed by atoms with Gasteiger partial charge in [0, 0.05) is 19.6 Å². The molecule has 0 bridgehead atoms. The van der Waals surface area contributed by atoms with Gasteiger partial charge in [-0.2, -0.15) is 0 Å². The van der Waals surface area contributed by atoms with Crippen LogP contribution in [0.5, 0.6) is 11.5 Å². The Morgan fingerprint density at radius 2 is 1.02 bits per heavy atom. The quantitative estimate of drug-likeness (QED) is 0.123. The summed E-state index contributed by atoms with van der Waals surface area (Å²) in [6.45, 7) is 4.98. The van der Waals surface area contributed by atoms with Gasteiger partial charge in [-0.3, -0.25) is 9.69 Å². The largest absolute Gasteiger partial charge is 0.485 e. The van der Waals surface area contributed by atoms with Gasteiger partial charge in [0.25, 0.3) is 0 Å². The lowest BCUT2D eigenvalue weighted by molar-refractivity contribution is -0.153. The van der Waals surface area contributed by atoms with Gasteiger partial charge >= 0.3 is 0 Å². The lowest BCUT2D eigenvalue weighted by Crippen LogP contribution is -2.65. The molecule has 1 heterocycles. The highest BCUT2D eigenvalue weighted by Crippen LogP contribution is 2.38. The van der Waals surface area contributed by atoms with E-state index < -0.39 is 5.54 Å². The molecule has 6 aromatic carbocycles. The number of piperazine rings is 1. The number of rotatable bonds is 13. The zero-order chi connectivity index (χ0) is 34.9. The second-order valence-corrected chi connectivity index (χ2v) is 13.4. The van der Waals surface area contributed by atoms with Gasteiger partial charge in [-0.1, -0.05) is 158 Å². The van der Waals surface area contributed by atoms with Crippen LogP contribution in [0.1, 0.15) is 46.3 Å². The summed E-state index contributed by atoms with van der Waals surface area (Å²) in [4.78, 5) is 19.6. The molecule has 0 aliphatic carbocycles. The van der Waals surface area contributed by atoms with E-state index >= 15 is 4.79 Å². The van der Waals surface area contributed by atoms with Crippen LogP contribution in [0.25, 0.3) is 0 Å². The molecule has 1 saturated heterocycles. The molecular weight excluding hydrogens is 629 g/mol. The van der Waals surface area contributed by atoms with Crippen molar-refractivity contribution in [2.75, 3.05) is 13.1 Å². The molecule has 0 spiro atoms. The number of carbonyl (C=O) groups excluding carboxylic acids is 1. The number of ether oxygens (including phenoxy) is 2. The van der Waals surface area contributed by atoms with E-state index in [-0.39, 0.29) is 11.9 Å². The fraction of sp³-hybridized carbons (Fsp3) is 0.196. The third kappa shape index (κ3) is 8.06. The second kappa shape index (κ2) is 15.9. The van der Waals surface area contributed by atoms with Crippen LogP contribution >= 0.6 is 0 Å². The van der Waals surface area contributed by atoms with Crippen molar-refractivity contribution in [3.63, 3.8) is 0 Å². The van der Waals surface area contributed by atoms with Crippen LogP contribution in [-0.4, -0.2) is 34.3 Å². The van der Waals surface area contributed by atoms with Gasteiger partial charge in [-0.05, 0) is 58.9 Å². The Morgan fingerprint density at radius 3 is 1.55 bits per heavy atom. The van der Waals surface area contributed by atoms with Crippen LogP contribution in [0.3, 0.4) is 0 Å². The van der Waals surface area contributed by atoms with E-state index in [4.69, 9.17) is 9.47 Å². The molecule has 1 aliphatic rings. The highest BCUT2D eigenvalue weighted by atomic mass is 16.5. The van der Waals surface area contributed by atoms with Gasteiger partial charge in [-0.15, -0.1) is 0 Å². The summed E-state index contributed by atoms with van der Waals surface area (Å²) in [5.41, 5.74) is 5.72. The minimum absolute atomic E-state index is 0.110. The van der Waals surface area contributed by atoms with Gasteiger partial charge in [0.2, 0.25) is 5.91 Å². The van der Waals surface area contributed by atoms with E-state index in [1.807, 2.05) is 60.7 Å². The summed E-state index contributed by atoms with van der Waals surface area (Å²) < 4.78 is 12.8. The molecule has 7 rings (SSSR count). The first-order valence-electron chi connectivity index (χ1n) is 17.7. The smallest absolute Gasteiger partial charge is 0.243 e. The van der Waals surface area contributed by atoms with Crippen LogP contribution in [0, 0.1) is 0 Å². The summed E-state index contributed by atoms with van der Waals surface area (Å²) in [5, 5.41) is 0. The normalized spacial score (nSPS) is 16.3. The Kier molecular flexibility index (Phi) is 10.6. The molecule has 0 aromatic heterocycles. The van der Waals surface area contributed by atoms with Crippen molar-refractivity contribution in [3.8, 4) is 11.5 Å². The maximum atomic E-state index is 15.2. The van der Waals surface area contributed by atoms with Gasteiger partial charge in [0.15, 0.2) is 11.5 Å². The Labute approximate surface area is 301 Å². The minimum Gasteiger partial charge on any atom is -0.485 e. The molecule has 0 N–H and O–H groups in total. The Bertz CT molecular complexity index is 1950. The van der Waals surface area contributed by atoms with Crippen molar-refractivity contribution in [2.45, 2.75) is 44.7 Å². The molecule has 256 valence electrons. The first-order chi connectivity index (χ1) is 25.1. The lowest BCUT2D eigenvalue weighted by Gasteiger charge is -2.50. The molecular formula is C46H44N2O3. The zero-order valence-electron chi connectivity index (χ0n) is 29.1. The summed E-state index contributed by atoms with van der Waals surface area (Å²) in [6.07, 6.45) is 0.506. The maximum Gasteiger partial charge on any atom is 0.243 e. The van der Waals surface area contributed by atoms with Crippen LogP contribution in [0.4, 0.5) is 0 Å². The topological polar surface area (TPSA) is 42.0 Å². The number of nitrogens with zero attached hydrogens (tertiary/aromatic N) is 2. The van der Waals surface area contributed by atoms with Crippen molar-refractivity contribution < 1.29 is 14.3 Å². The average Bonchev–Trinajstić information content (AvgIpc) is 3.19. The Morgan fingerprint density at radius 1 is 0.549 bits per heavy atom. The van der Waals surface area contributed by atoms with Gasteiger partial charge in [0.05, 0.1) is 6.04 Å². The highest BCUT2D eigenvalue weighted by Gasteiger charge is 2.47.